The second-order valence-electron chi connectivity index (χ2n) is 3.95. The van der Waals surface area contributed by atoms with Crippen LogP contribution in [0.3, 0.4) is 0 Å². The van der Waals surface area contributed by atoms with Crippen LogP contribution < -0.4 is 5.32 Å². The summed E-state index contributed by atoms with van der Waals surface area (Å²) in [5.74, 6) is 1.31. The summed E-state index contributed by atoms with van der Waals surface area (Å²) < 4.78 is 0. The Morgan fingerprint density at radius 3 is 2.44 bits per heavy atom. The zero-order valence-corrected chi connectivity index (χ0v) is 11.7. The van der Waals surface area contributed by atoms with Gasteiger partial charge in [-0.1, -0.05) is 34.6 Å². The average molecular weight is 250 g/mol. The molecule has 0 radical (unpaired) electrons. The number of H-pyrrole nitrogens is 1. The van der Waals surface area contributed by atoms with Gasteiger partial charge in [-0.2, -0.15) is 0 Å². The molecule has 0 saturated carbocycles. The van der Waals surface area contributed by atoms with E-state index >= 15 is 0 Å². The molecule has 5 nitrogen and oxygen atoms in total. The maximum atomic E-state index is 10.2. The summed E-state index contributed by atoms with van der Waals surface area (Å²) in [7, 11) is 0. The van der Waals surface area contributed by atoms with Gasteiger partial charge in [0.1, 0.15) is 5.52 Å². The van der Waals surface area contributed by atoms with Crippen LogP contribution in [0, 0.1) is 5.92 Å². The molecule has 2 heterocycles. The molecule has 0 unspecified atom stereocenters. The Hall–Kier alpha value is -1.91. The van der Waals surface area contributed by atoms with Crippen molar-refractivity contribution in [3.63, 3.8) is 0 Å². The summed E-state index contributed by atoms with van der Waals surface area (Å²) >= 11 is 0. The molecule has 5 heteroatoms. The molecule has 2 aromatic heterocycles. The lowest BCUT2D eigenvalue weighted by atomic mass is 10.3. The number of pyridine rings is 1. The number of hydrogen-bond donors (Lipinski definition) is 2. The zero-order chi connectivity index (χ0) is 14.0. The van der Waals surface area contributed by atoms with Crippen LogP contribution in [0.4, 0.5) is 5.82 Å². The molecule has 0 atom stereocenters. The zero-order valence-electron chi connectivity index (χ0n) is 11.7. The Bertz CT molecular complexity index is 448. The number of carbonyl (C=O) groups excluding carboxylic acids is 1. The lowest BCUT2D eigenvalue weighted by Gasteiger charge is -1.96. The van der Waals surface area contributed by atoms with Gasteiger partial charge in [-0.05, 0) is 12.0 Å². The van der Waals surface area contributed by atoms with Crippen LogP contribution in [0.2, 0.25) is 0 Å². The molecular formula is C13H22N4O. The van der Waals surface area contributed by atoms with Gasteiger partial charge in [0.15, 0.2) is 5.82 Å². The van der Waals surface area contributed by atoms with Gasteiger partial charge in [-0.15, -0.1) is 0 Å². The van der Waals surface area contributed by atoms with Crippen molar-refractivity contribution in [1.82, 2.24) is 15.0 Å². The first-order valence-electron chi connectivity index (χ1n) is 6.13. The fourth-order valence-corrected chi connectivity index (χ4v) is 1.03. The van der Waals surface area contributed by atoms with E-state index in [1.165, 1.54) is 0 Å². The van der Waals surface area contributed by atoms with Crippen molar-refractivity contribution in [2.45, 2.75) is 34.6 Å². The van der Waals surface area contributed by atoms with E-state index in [-0.39, 0.29) is 0 Å². The van der Waals surface area contributed by atoms with Crippen molar-refractivity contribution in [3.05, 3.63) is 18.6 Å². The lowest BCUT2D eigenvalue weighted by molar-refractivity contribution is -0.105. The van der Waals surface area contributed by atoms with E-state index < -0.39 is 0 Å². The van der Waals surface area contributed by atoms with E-state index in [0.717, 1.165) is 11.4 Å². The molecule has 0 fully saturated rings. The van der Waals surface area contributed by atoms with E-state index in [1.807, 2.05) is 13.8 Å². The maximum absolute atomic E-state index is 10.2. The lowest BCUT2D eigenvalue weighted by Crippen LogP contribution is -1.96. The number of nitrogens with one attached hydrogen (secondary N) is 2. The van der Waals surface area contributed by atoms with Crippen molar-refractivity contribution in [1.29, 1.82) is 0 Å². The van der Waals surface area contributed by atoms with Crippen LogP contribution in [0.25, 0.3) is 11.0 Å². The van der Waals surface area contributed by atoms with Gasteiger partial charge >= 0.3 is 0 Å². The number of hydrogen-bond acceptors (Lipinski definition) is 3. The third-order valence-corrected chi connectivity index (χ3v) is 1.53. The molecule has 18 heavy (non-hydrogen) atoms. The van der Waals surface area contributed by atoms with Gasteiger partial charge in [0.25, 0.3) is 0 Å². The second kappa shape index (κ2) is 9.15. The number of fused-ring (bicyclic) bond motifs is 1. The Kier molecular flexibility index (Phi) is 8.18. The van der Waals surface area contributed by atoms with E-state index in [1.54, 1.807) is 18.6 Å². The van der Waals surface area contributed by atoms with Crippen LogP contribution in [-0.2, 0) is 4.79 Å². The van der Waals surface area contributed by atoms with Gasteiger partial charge in [0, 0.05) is 6.20 Å². The average Bonchev–Trinajstić information content (AvgIpc) is 2.80. The summed E-state index contributed by atoms with van der Waals surface area (Å²) in [6, 6.07) is 1.79. The van der Waals surface area contributed by atoms with E-state index in [2.05, 4.69) is 41.0 Å². The molecule has 2 aromatic rings. The quantitative estimate of drug-likeness (QED) is 0.804. The highest BCUT2D eigenvalue weighted by Gasteiger charge is 2.01. The summed E-state index contributed by atoms with van der Waals surface area (Å²) in [4.78, 5) is 21.0. The molecule has 0 aliphatic heterocycles. The third-order valence-electron chi connectivity index (χ3n) is 1.53. The monoisotopic (exact) mass is 250 g/mol. The van der Waals surface area contributed by atoms with E-state index in [4.69, 9.17) is 0 Å². The number of rotatable bonds is 2. The van der Waals surface area contributed by atoms with Gasteiger partial charge in [0.05, 0.1) is 11.8 Å². The van der Waals surface area contributed by atoms with Gasteiger partial charge in [0.2, 0.25) is 6.41 Å². The molecular weight excluding hydrogens is 228 g/mol. The highest BCUT2D eigenvalue weighted by molar-refractivity contribution is 5.89. The fraction of sp³-hybridized carbons (Fsp3) is 0.462. The number of amides is 1. The predicted molar refractivity (Wildman–Crippen MR) is 75.4 cm³/mol. The van der Waals surface area contributed by atoms with E-state index in [9.17, 15) is 4.79 Å². The van der Waals surface area contributed by atoms with Crippen LogP contribution in [-0.4, -0.2) is 21.4 Å². The van der Waals surface area contributed by atoms with E-state index in [0.29, 0.717) is 17.7 Å². The predicted octanol–water partition coefficient (Wildman–Crippen LogP) is 3.21. The first-order chi connectivity index (χ1) is 8.65. The number of carbonyl (C=O) groups is 1. The Balaban J connectivity index is 0.000000415. The molecule has 0 bridgehead atoms. The molecule has 0 aliphatic rings. The maximum Gasteiger partial charge on any atom is 0.212 e. The Morgan fingerprint density at radius 1 is 1.28 bits per heavy atom. The normalized spacial score (nSPS) is 9.00. The molecule has 2 N–H and O–H groups in total. The molecule has 1 amide bonds. The topological polar surface area (TPSA) is 70.7 Å². The number of imidazole rings is 1. The minimum atomic E-state index is 0.476. The minimum Gasteiger partial charge on any atom is -0.344 e. The first kappa shape index (κ1) is 16.1. The summed E-state index contributed by atoms with van der Waals surface area (Å²) in [6.07, 6.45) is 3.74. The number of aromatic nitrogens is 3. The minimum absolute atomic E-state index is 0.476. The van der Waals surface area contributed by atoms with Gasteiger partial charge in [-0.3, -0.25) is 4.79 Å². The molecule has 0 aliphatic carbocycles. The van der Waals surface area contributed by atoms with Crippen molar-refractivity contribution in [2.24, 2.45) is 5.92 Å². The summed E-state index contributed by atoms with van der Waals surface area (Å²) in [6.45, 7) is 10.5. The smallest absolute Gasteiger partial charge is 0.212 e. The fourth-order valence-electron chi connectivity index (χ4n) is 1.03. The number of nitrogens with zero attached hydrogens (tertiary/aromatic N) is 2. The molecule has 0 spiro atoms. The van der Waals surface area contributed by atoms with Crippen LogP contribution in [0.5, 0.6) is 0 Å². The number of aromatic amines is 1. The van der Waals surface area contributed by atoms with Gasteiger partial charge < -0.3 is 10.3 Å². The SMILES string of the molecule is CC.CC(C)C.O=CNc1nccc2[nH]cnc12. The largest absolute Gasteiger partial charge is 0.344 e. The summed E-state index contributed by atoms with van der Waals surface area (Å²) in [5, 5.41) is 2.46. The van der Waals surface area contributed by atoms with Crippen LogP contribution >= 0.6 is 0 Å². The second-order valence-corrected chi connectivity index (χ2v) is 3.95. The van der Waals surface area contributed by atoms with Crippen molar-refractivity contribution in [2.75, 3.05) is 5.32 Å². The Morgan fingerprint density at radius 2 is 1.89 bits per heavy atom. The molecule has 0 saturated heterocycles. The molecule has 0 aromatic carbocycles. The number of anilines is 1. The van der Waals surface area contributed by atoms with Crippen molar-refractivity contribution >= 4 is 23.3 Å². The molecule has 100 valence electrons. The van der Waals surface area contributed by atoms with Crippen molar-refractivity contribution < 1.29 is 4.79 Å². The highest BCUT2D eigenvalue weighted by atomic mass is 16.1. The highest BCUT2D eigenvalue weighted by Crippen LogP contribution is 2.15. The third kappa shape index (κ3) is 5.43. The van der Waals surface area contributed by atoms with Crippen molar-refractivity contribution in [3.8, 4) is 0 Å². The van der Waals surface area contributed by atoms with Crippen LogP contribution in [0.15, 0.2) is 18.6 Å². The Labute approximate surface area is 108 Å². The summed E-state index contributed by atoms with van der Waals surface area (Å²) in [5.41, 5.74) is 1.53. The standard InChI is InChI=1S/C7H6N4O.C4H10.C2H6/c12-4-11-7-6-5(1-2-8-7)9-3-10-6;1-4(2)3;1-2/h1-4H,(H,9,10)(H,8,11,12);4H,1-3H3;1-2H3. The molecule has 2 rings (SSSR count). The van der Waals surface area contributed by atoms with Gasteiger partial charge in [-0.25, -0.2) is 9.97 Å². The first-order valence-corrected chi connectivity index (χ1v) is 6.13. The van der Waals surface area contributed by atoms with Crippen LogP contribution in [0.1, 0.15) is 34.6 Å².